The molecule has 0 aromatic rings. The van der Waals surface area contributed by atoms with Gasteiger partial charge in [-0.25, -0.2) is 9.13 Å². The van der Waals surface area contributed by atoms with E-state index in [0.29, 0.717) is 25.7 Å². The van der Waals surface area contributed by atoms with Crippen LogP contribution in [-0.2, 0) is 65.4 Å². The zero-order valence-electron chi connectivity index (χ0n) is 64.8. The minimum absolute atomic E-state index is 0.107. The smallest absolute Gasteiger partial charge is 0.462 e. The second-order valence-corrected chi connectivity index (χ2v) is 32.7. The van der Waals surface area contributed by atoms with Crippen LogP contribution in [0.4, 0.5) is 0 Å². The molecule has 19 heteroatoms. The van der Waals surface area contributed by atoms with Gasteiger partial charge in [0.15, 0.2) is 12.2 Å². The highest BCUT2D eigenvalue weighted by Gasteiger charge is 2.30. The molecule has 2 unspecified atom stereocenters. The number of phosphoric ester groups is 2. The van der Waals surface area contributed by atoms with Crippen LogP contribution < -0.4 is 0 Å². The van der Waals surface area contributed by atoms with Gasteiger partial charge in [0.25, 0.3) is 0 Å². The van der Waals surface area contributed by atoms with E-state index in [9.17, 15) is 43.2 Å². The lowest BCUT2D eigenvalue weighted by Crippen LogP contribution is -2.30. The highest BCUT2D eigenvalue weighted by atomic mass is 31.2. The van der Waals surface area contributed by atoms with Gasteiger partial charge < -0.3 is 33.8 Å². The Labute approximate surface area is 607 Å². The van der Waals surface area contributed by atoms with E-state index < -0.39 is 97.5 Å². The highest BCUT2D eigenvalue weighted by Crippen LogP contribution is 2.45. The molecule has 0 radical (unpaired) electrons. The summed E-state index contributed by atoms with van der Waals surface area (Å²) < 4.78 is 68.7. The standard InChI is InChI=1S/C80H156O17P2/c1-7-9-11-13-15-17-19-21-22-23-24-25-26-28-32-40-46-52-58-64-79(84)96-75(68-91-78(83)63-57-51-45-39-33-29-30-36-42-48-54-60-72(3)4)70-94-98(86,87)92-66-74(81)67-93-99(88,89)95-71-76(97-80(85)65-59-53-47-41-35-34-37-43-49-55-61-73(5)6)69-90-77(82)62-56-50-44-38-31-27-20-18-16-14-12-10-8-2/h72-76,81H,7-71H2,1-6H3,(H,86,87)(H,88,89)/t74-,75-,76-/m1/s1. The van der Waals surface area contributed by atoms with Gasteiger partial charge in [0.05, 0.1) is 26.4 Å². The largest absolute Gasteiger partial charge is 0.472 e. The van der Waals surface area contributed by atoms with Crippen LogP contribution in [-0.4, -0.2) is 96.7 Å². The summed E-state index contributed by atoms with van der Waals surface area (Å²) in [6.45, 7) is 9.63. The van der Waals surface area contributed by atoms with Crippen molar-refractivity contribution < 1.29 is 80.2 Å². The Morgan fingerprint density at radius 2 is 0.465 bits per heavy atom. The summed E-state index contributed by atoms with van der Waals surface area (Å²) in [7, 11) is -9.92. The Hall–Kier alpha value is -1.94. The molecule has 0 amide bonds. The van der Waals surface area contributed by atoms with Gasteiger partial charge in [0, 0.05) is 25.7 Å². The molecule has 0 spiro atoms. The maximum Gasteiger partial charge on any atom is 0.472 e. The van der Waals surface area contributed by atoms with Crippen LogP contribution in [0.1, 0.15) is 420 Å². The van der Waals surface area contributed by atoms with Crippen LogP contribution >= 0.6 is 15.6 Å². The fourth-order valence-electron chi connectivity index (χ4n) is 12.4. The van der Waals surface area contributed by atoms with Gasteiger partial charge >= 0.3 is 39.5 Å². The molecule has 0 fully saturated rings. The normalized spacial score (nSPS) is 13.9. The highest BCUT2D eigenvalue weighted by molar-refractivity contribution is 7.47. The number of rotatable bonds is 79. The van der Waals surface area contributed by atoms with Crippen molar-refractivity contribution >= 4 is 39.5 Å². The number of hydrogen-bond acceptors (Lipinski definition) is 15. The molecule has 0 heterocycles. The Balaban J connectivity index is 5.25. The number of ether oxygens (including phenoxy) is 4. The first kappa shape index (κ1) is 97.1. The van der Waals surface area contributed by atoms with E-state index in [1.807, 2.05) is 0 Å². The molecular weight excluding hydrogens is 1290 g/mol. The van der Waals surface area contributed by atoms with Crippen molar-refractivity contribution in [3.63, 3.8) is 0 Å². The van der Waals surface area contributed by atoms with Gasteiger partial charge in [-0.15, -0.1) is 0 Å². The van der Waals surface area contributed by atoms with Gasteiger partial charge in [0.2, 0.25) is 0 Å². The van der Waals surface area contributed by atoms with E-state index in [-0.39, 0.29) is 25.7 Å². The molecule has 0 rings (SSSR count). The number of phosphoric acid groups is 2. The topological polar surface area (TPSA) is 237 Å². The lowest BCUT2D eigenvalue weighted by molar-refractivity contribution is -0.161. The van der Waals surface area contributed by atoms with Crippen LogP contribution in [0.5, 0.6) is 0 Å². The molecule has 0 aliphatic rings. The van der Waals surface area contributed by atoms with Crippen LogP contribution in [0.3, 0.4) is 0 Å². The van der Waals surface area contributed by atoms with Crippen LogP contribution in [0.25, 0.3) is 0 Å². The summed E-state index contributed by atoms with van der Waals surface area (Å²) in [4.78, 5) is 73.0. The number of aliphatic hydroxyl groups is 1. The summed E-state index contributed by atoms with van der Waals surface area (Å²) in [5.74, 6) is -0.585. The van der Waals surface area contributed by atoms with Crippen molar-refractivity contribution in [3.8, 4) is 0 Å². The molecular formula is C80H156O17P2. The fraction of sp³-hybridized carbons (Fsp3) is 0.950. The predicted molar refractivity (Wildman–Crippen MR) is 405 cm³/mol. The van der Waals surface area contributed by atoms with Crippen molar-refractivity contribution in [2.75, 3.05) is 39.6 Å². The number of hydrogen-bond donors (Lipinski definition) is 3. The molecule has 0 aromatic carbocycles. The average molecular weight is 1450 g/mol. The van der Waals surface area contributed by atoms with Crippen LogP contribution in [0.15, 0.2) is 0 Å². The van der Waals surface area contributed by atoms with Gasteiger partial charge in [-0.1, -0.05) is 369 Å². The zero-order chi connectivity index (χ0) is 72.8. The van der Waals surface area contributed by atoms with Crippen molar-refractivity contribution in [1.82, 2.24) is 0 Å². The molecule has 0 aliphatic carbocycles. The SMILES string of the molecule is CCCCCCCCCCCCCCCCCCCCCC(=O)O[C@H](COC(=O)CCCCCCCCCCCCCC(C)C)COP(=O)(O)OC[C@@H](O)COP(=O)(O)OC[C@@H](COC(=O)CCCCCCCCCCCCCCC)OC(=O)CCCCCCCCCCCCC(C)C. The van der Waals surface area contributed by atoms with Gasteiger partial charge in [-0.05, 0) is 37.5 Å². The third-order valence-electron chi connectivity index (χ3n) is 18.7. The molecule has 5 atom stereocenters. The molecule has 0 saturated carbocycles. The number of aliphatic hydroxyl groups excluding tert-OH is 1. The lowest BCUT2D eigenvalue weighted by atomic mass is 10.0. The maximum atomic E-state index is 13.1. The molecule has 0 bridgehead atoms. The third-order valence-corrected chi connectivity index (χ3v) is 20.6. The monoisotopic (exact) mass is 1450 g/mol. The molecule has 588 valence electrons. The van der Waals surface area contributed by atoms with Crippen LogP contribution in [0, 0.1) is 11.8 Å². The second kappa shape index (κ2) is 71.7. The third kappa shape index (κ3) is 74.1. The molecule has 0 aromatic heterocycles. The summed E-state index contributed by atoms with van der Waals surface area (Å²) >= 11 is 0. The Kier molecular flexibility index (Phi) is 70.3. The molecule has 0 aliphatic heterocycles. The Morgan fingerprint density at radius 1 is 0.273 bits per heavy atom. The summed E-state index contributed by atoms with van der Waals surface area (Å²) in [5, 5.41) is 10.6. The molecule has 99 heavy (non-hydrogen) atoms. The summed E-state index contributed by atoms with van der Waals surface area (Å²) in [6, 6.07) is 0. The van der Waals surface area contributed by atoms with E-state index in [0.717, 1.165) is 102 Å². The molecule has 17 nitrogen and oxygen atoms in total. The first-order valence-electron chi connectivity index (χ1n) is 41.5. The first-order chi connectivity index (χ1) is 47.9. The van der Waals surface area contributed by atoms with Crippen LogP contribution in [0.2, 0.25) is 0 Å². The Bertz CT molecular complexity index is 1910. The minimum atomic E-state index is -4.96. The van der Waals surface area contributed by atoms with Crippen molar-refractivity contribution in [2.24, 2.45) is 11.8 Å². The van der Waals surface area contributed by atoms with Gasteiger partial charge in [0.1, 0.15) is 19.3 Å². The van der Waals surface area contributed by atoms with Gasteiger partial charge in [-0.2, -0.15) is 0 Å². The quantitative estimate of drug-likeness (QED) is 0.0222. The lowest BCUT2D eigenvalue weighted by Gasteiger charge is -2.21. The average Bonchev–Trinajstić information content (AvgIpc) is 1.01. The zero-order valence-corrected chi connectivity index (χ0v) is 66.6. The van der Waals surface area contributed by atoms with E-state index >= 15 is 0 Å². The minimum Gasteiger partial charge on any atom is -0.462 e. The number of unbranched alkanes of at least 4 members (excludes halogenated alkanes) is 49. The number of carbonyl (C=O) groups excluding carboxylic acids is 4. The molecule has 0 saturated heterocycles. The first-order valence-corrected chi connectivity index (χ1v) is 44.5. The van der Waals surface area contributed by atoms with E-state index in [1.54, 1.807) is 0 Å². The van der Waals surface area contributed by atoms with Crippen molar-refractivity contribution in [2.45, 2.75) is 439 Å². The molecule has 3 N–H and O–H groups in total. The number of carbonyl (C=O) groups is 4. The van der Waals surface area contributed by atoms with E-state index in [2.05, 4.69) is 41.5 Å². The fourth-order valence-corrected chi connectivity index (χ4v) is 13.9. The van der Waals surface area contributed by atoms with Crippen molar-refractivity contribution in [3.05, 3.63) is 0 Å². The van der Waals surface area contributed by atoms with E-state index in [1.165, 1.54) is 238 Å². The summed E-state index contributed by atoms with van der Waals surface area (Å²) in [5.41, 5.74) is 0. The predicted octanol–water partition coefficient (Wildman–Crippen LogP) is 23.9. The summed E-state index contributed by atoms with van der Waals surface area (Å²) in [6.07, 6.45) is 61.0. The maximum absolute atomic E-state index is 13.1. The van der Waals surface area contributed by atoms with E-state index in [4.69, 9.17) is 37.0 Å². The second-order valence-electron chi connectivity index (χ2n) is 29.8. The number of esters is 4. The Morgan fingerprint density at radius 3 is 0.687 bits per heavy atom. The van der Waals surface area contributed by atoms with Gasteiger partial charge in [-0.3, -0.25) is 37.3 Å². The van der Waals surface area contributed by atoms with Crippen molar-refractivity contribution in [1.29, 1.82) is 0 Å².